The molecule has 168 valence electrons. The summed E-state index contributed by atoms with van der Waals surface area (Å²) in [5.74, 6) is -2.34. The smallest absolute Gasteiger partial charge is 0.416 e. The van der Waals surface area contributed by atoms with Crippen LogP contribution in [0.3, 0.4) is 0 Å². The predicted octanol–water partition coefficient (Wildman–Crippen LogP) is 3.93. The maximum atomic E-state index is 14.7. The Morgan fingerprint density at radius 2 is 1.70 bits per heavy atom. The van der Waals surface area contributed by atoms with Crippen LogP contribution in [0.2, 0.25) is 5.15 Å². The fraction of sp³-hybridized carbons (Fsp3) is 0.579. The van der Waals surface area contributed by atoms with Crippen molar-refractivity contribution >= 4 is 35.6 Å². The van der Waals surface area contributed by atoms with E-state index in [1.54, 1.807) is 41.5 Å². The first-order valence-electron chi connectivity index (χ1n) is 9.06. The molecular formula is C19H27ClFN3O6. The summed E-state index contributed by atoms with van der Waals surface area (Å²) < 4.78 is 29.6. The maximum Gasteiger partial charge on any atom is 0.416 e. The standard InChI is InChI=1S/C19H27ClFN3O6/c1-18(2,3)29-16(26)22-8-9-24(17(27)30-19(4,5)6)14-12(21)10-11(13(20)23-14)15(25)28-7/h10H,8-9H2,1-7H3,(H,22,26). The summed E-state index contributed by atoms with van der Waals surface area (Å²) in [5.41, 5.74) is -1.88. The number of halogens is 2. The average Bonchev–Trinajstić information content (AvgIpc) is 2.56. The number of amides is 2. The van der Waals surface area contributed by atoms with Gasteiger partial charge in [0, 0.05) is 13.1 Å². The number of carbonyl (C=O) groups is 3. The van der Waals surface area contributed by atoms with Gasteiger partial charge in [-0.1, -0.05) is 11.6 Å². The number of hydrogen-bond acceptors (Lipinski definition) is 7. The lowest BCUT2D eigenvalue weighted by Crippen LogP contribution is -2.43. The molecule has 0 unspecified atom stereocenters. The number of nitrogens with zero attached hydrogens (tertiary/aromatic N) is 2. The highest BCUT2D eigenvalue weighted by molar-refractivity contribution is 6.32. The zero-order valence-electron chi connectivity index (χ0n) is 18.1. The van der Waals surface area contributed by atoms with Crippen LogP contribution in [0.25, 0.3) is 0 Å². The molecule has 0 radical (unpaired) electrons. The summed E-state index contributed by atoms with van der Waals surface area (Å²) in [4.78, 5) is 40.8. The molecule has 0 fully saturated rings. The highest BCUT2D eigenvalue weighted by atomic mass is 35.5. The van der Waals surface area contributed by atoms with Gasteiger partial charge in [-0.25, -0.2) is 23.8 Å². The number of ether oxygens (including phenoxy) is 3. The van der Waals surface area contributed by atoms with Crippen molar-refractivity contribution in [1.29, 1.82) is 0 Å². The van der Waals surface area contributed by atoms with Gasteiger partial charge >= 0.3 is 18.2 Å². The van der Waals surface area contributed by atoms with E-state index in [0.29, 0.717) is 0 Å². The van der Waals surface area contributed by atoms with Crippen LogP contribution in [-0.2, 0) is 14.2 Å². The van der Waals surface area contributed by atoms with E-state index >= 15 is 0 Å². The minimum Gasteiger partial charge on any atom is -0.465 e. The number of anilines is 1. The SMILES string of the molecule is COC(=O)c1cc(F)c(N(CCNC(=O)OC(C)(C)C)C(=O)OC(C)(C)C)nc1Cl. The van der Waals surface area contributed by atoms with Crippen molar-refractivity contribution in [3.63, 3.8) is 0 Å². The molecule has 0 spiro atoms. The molecule has 1 N–H and O–H groups in total. The minimum atomic E-state index is -0.997. The highest BCUT2D eigenvalue weighted by Gasteiger charge is 2.28. The number of alkyl carbamates (subject to hydrolysis) is 1. The fourth-order valence-corrected chi connectivity index (χ4v) is 2.30. The Balaban J connectivity index is 3.13. The van der Waals surface area contributed by atoms with Gasteiger partial charge in [0.2, 0.25) is 0 Å². The van der Waals surface area contributed by atoms with Gasteiger partial charge in [-0.05, 0) is 47.6 Å². The minimum absolute atomic E-state index is 0.0916. The average molecular weight is 448 g/mol. The first kappa shape index (κ1) is 25.4. The van der Waals surface area contributed by atoms with E-state index in [9.17, 15) is 18.8 Å². The lowest BCUT2D eigenvalue weighted by Gasteiger charge is -2.27. The zero-order valence-corrected chi connectivity index (χ0v) is 18.8. The van der Waals surface area contributed by atoms with E-state index in [1.165, 1.54) is 0 Å². The molecule has 0 bridgehead atoms. The predicted molar refractivity (Wildman–Crippen MR) is 108 cm³/mol. The number of methoxy groups -OCH3 is 1. The molecule has 0 aliphatic rings. The topological polar surface area (TPSA) is 107 Å². The number of carbonyl (C=O) groups excluding carboxylic acids is 3. The van der Waals surface area contributed by atoms with Crippen molar-refractivity contribution in [2.75, 3.05) is 25.1 Å². The van der Waals surface area contributed by atoms with Crippen molar-refractivity contribution in [1.82, 2.24) is 10.3 Å². The van der Waals surface area contributed by atoms with E-state index in [-0.39, 0.29) is 23.8 Å². The highest BCUT2D eigenvalue weighted by Crippen LogP contribution is 2.25. The zero-order chi connectivity index (χ0) is 23.3. The van der Waals surface area contributed by atoms with E-state index in [1.807, 2.05) is 0 Å². The van der Waals surface area contributed by atoms with Crippen LogP contribution < -0.4 is 10.2 Å². The molecule has 0 saturated heterocycles. The fourth-order valence-electron chi connectivity index (χ4n) is 2.08. The molecule has 1 rings (SSSR count). The number of nitrogens with one attached hydrogen (secondary N) is 1. The number of pyridine rings is 1. The number of aromatic nitrogens is 1. The third kappa shape index (κ3) is 8.02. The van der Waals surface area contributed by atoms with Crippen LogP contribution in [0, 0.1) is 5.82 Å². The molecule has 1 aromatic heterocycles. The number of esters is 1. The van der Waals surface area contributed by atoms with Crippen LogP contribution in [0.4, 0.5) is 19.8 Å². The Hall–Kier alpha value is -2.62. The molecule has 1 aromatic rings. The van der Waals surface area contributed by atoms with Crippen molar-refractivity contribution in [3.8, 4) is 0 Å². The lowest BCUT2D eigenvalue weighted by molar-refractivity contribution is 0.0512. The number of hydrogen-bond donors (Lipinski definition) is 1. The van der Waals surface area contributed by atoms with Crippen LogP contribution in [0.1, 0.15) is 51.9 Å². The summed E-state index contributed by atoms with van der Waals surface area (Å²) in [6.45, 7) is 9.71. The Kier molecular flexibility index (Phi) is 8.41. The third-order valence-corrected chi connectivity index (χ3v) is 3.48. The molecule has 0 atom stereocenters. The van der Waals surface area contributed by atoms with Gasteiger partial charge in [0.05, 0.1) is 7.11 Å². The van der Waals surface area contributed by atoms with Crippen LogP contribution >= 0.6 is 11.6 Å². The number of rotatable bonds is 5. The van der Waals surface area contributed by atoms with E-state index in [0.717, 1.165) is 18.1 Å². The summed E-state index contributed by atoms with van der Waals surface area (Å²) in [7, 11) is 1.11. The largest absolute Gasteiger partial charge is 0.465 e. The molecule has 0 aliphatic carbocycles. The second-order valence-corrected chi connectivity index (χ2v) is 8.54. The molecule has 0 saturated carbocycles. The first-order valence-corrected chi connectivity index (χ1v) is 9.44. The summed E-state index contributed by atoms with van der Waals surface area (Å²) in [5, 5.41) is 2.11. The van der Waals surface area contributed by atoms with Gasteiger partial charge < -0.3 is 19.5 Å². The van der Waals surface area contributed by atoms with Crippen LogP contribution in [0.5, 0.6) is 0 Å². The van der Waals surface area contributed by atoms with Gasteiger partial charge in [0.25, 0.3) is 0 Å². The van der Waals surface area contributed by atoms with Crippen molar-refractivity contribution in [2.24, 2.45) is 0 Å². The Labute approximate surface area is 179 Å². The Morgan fingerprint density at radius 3 is 2.20 bits per heavy atom. The quantitative estimate of drug-likeness (QED) is 0.414. The van der Waals surface area contributed by atoms with Crippen molar-refractivity contribution in [3.05, 3.63) is 22.6 Å². The third-order valence-electron chi connectivity index (χ3n) is 3.19. The molecular weight excluding hydrogens is 421 g/mol. The molecule has 11 heteroatoms. The Morgan fingerprint density at radius 1 is 1.13 bits per heavy atom. The maximum absolute atomic E-state index is 14.7. The van der Waals surface area contributed by atoms with Crippen LogP contribution in [0.15, 0.2) is 6.07 Å². The van der Waals surface area contributed by atoms with Crippen LogP contribution in [-0.4, -0.2) is 54.5 Å². The summed E-state index contributed by atoms with van der Waals surface area (Å²) >= 11 is 5.97. The van der Waals surface area contributed by atoms with Gasteiger partial charge in [0.1, 0.15) is 21.9 Å². The van der Waals surface area contributed by atoms with Crippen molar-refractivity contribution < 1.29 is 33.0 Å². The summed E-state index contributed by atoms with van der Waals surface area (Å²) in [6.07, 6.45) is -1.62. The second kappa shape index (κ2) is 9.92. The molecule has 1 heterocycles. The van der Waals surface area contributed by atoms with Gasteiger partial charge in [-0.15, -0.1) is 0 Å². The van der Waals surface area contributed by atoms with Crippen molar-refractivity contribution in [2.45, 2.75) is 52.7 Å². The first-order chi connectivity index (χ1) is 13.6. The monoisotopic (exact) mass is 447 g/mol. The van der Waals surface area contributed by atoms with Gasteiger partial charge in [-0.2, -0.15) is 0 Å². The summed E-state index contributed by atoms with van der Waals surface area (Å²) in [6, 6.07) is 0.815. The normalized spacial score (nSPS) is 11.5. The van der Waals surface area contributed by atoms with E-state index < -0.39 is 41.0 Å². The Bertz CT molecular complexity index is 805. The van der Waals surface area contributed by atoms with E-state index in [4.69, 9.17) is 21.1 Å². The van der Waals surface area contributed by atoms with E-state index in [2.05, 4.69) is 15.0 Å². The molecule has 0 aliphatic heterocycles. The molecule has 30 heavy (non-hydrogen) atoms. The van der Waals surface area contributed by atoms with Gasteiger partial charge in [0.15, 0.2) is 11.6 Å². The molecule has 2 amide bonds. The molecule has 0 aromatic carbocycles. The lowest BCUT2D eigenvalue weighted by atomic mass is 10.2. The second-order valence-electron chi connectivity index (χ2n) is 8.18. The van der Waals surface area contributed by atoms with Gasteiger partial charge in [-0.3, -0.25) is 4.90 Å². The molecule has 9 nitrogen and oxygen atoms in total.